The van der Waals surface area contributed by atoms with Crippen LogP contribution in [0.15, 0.2) is 20.6 Å². The molecule has 0 aromatic carbocycles. The van der Waals surface area contributed by atoms with Crippen molar-refractivity contribution in [2.24, 2.45) is 0 Å². The summed E-state index contributed by atoms with van der Waals surface area (Å²) in [7, 11) is -0.876. The van der Waals surface area contributed by atoms with Gasteiger partial charge >= 0.3 is 173 Å². The van der Waals surface area contributed by atoms with E-state index in [4.69, 9.17) is 0 Å². The predicted octanol–water partition coefficient (Wildman–Crippen LogP) is 0.900. The third kappa shape index (κ3) is 9.23. The quantitative estimate of drug-likeness (QED) is 0.298. The van der Waals surface area contributed by atoms with Gasteiger partial charge in [0, 0.05) is 0 Å². The van der Waals surface area contributed by atoms with E-state index in [-0.39, 0.29) is 35.8 Å². The topological polar surface area (TPSA) is 29.1 Å². The molecule has 0 bridgehead atoms. The summed E-state index contributed by atoms with van der Waals surface area (Å²) in [6.45, 7) is 16.5. The molecule has 1 atom stereocenters. The number of rotatable bonds is 13. The monoisotopic (exact) mass is 495 g/mol. The van der Waals surface area contributed by atoms with Crippen LogP contribution in [0.2, 0.25) is 18.1 Å². The molecule has 1 rings (SSSR count). The van der Waals surface area contributed by atoms with Gasteiger partial charge in [0.1, 0.15) is 0 Å². The SMILES string of the molecule is CCCCCCCCCCCC(=O)[NH][Ti+2][C]1=C(C)C(C)=C(C)C1(C)[SiH](C)C.[Cl-].[Cl-]. The fourth-order valence-electron chi connectivity index (χ4n) is 4.17. The summed E-state index contributed by atoms with van der Waals surface area (Å²) in [4.78, 5) is 12.4. The molecule has 0 aliphatic heterocycles. The second kappa shape index (κ2) is 16.1. The molecule has 0 fully saturated rings. The van der Waals surface area contributed by atoms with Crippen LogP contribution in [0.1, 0.15) is 98.8 Å². The van der Waals surface area contributed by atoms with Crippen molar-refractivity contribution >= 4 is 14.7 Å². The minimum Gasteiger partial charge on any atom is -1.00 e. The number of carbonyl (C=O) groups excluding carboxylic acids is 1. The van der Waals surface area contributed by atoms with E-state index in [1.807, 2.05) is 0 Å². The van der Waals surface area contributed by atoms with Crippen LogP contribution in [-0.2, 0) is 24.2 Å². The van der Waals surface area contributed by atoms with Gasteiger partial charge in [0.05, 0.1) is 0 Å². The van der Waals surface area contributed by atoms with Crippen molar-refractivity contribution in [3.05, 3.63) is 20.6 Å². The van der Waals surface area contributed by atoms with Crippen molar-refractivity contribution in [2.45, 2.75) is 117 Å². The molecular weight excluding hydrogens is 453 g/mol. The third-order valence-corrected chi connectivity index (χ3v) is 12.7. The van der Waals surface area contributed by atoms with Gasteiger partial charge in [-0.2, -0.15) is 0 Å². The molecule has 1 aliphatic carbocycles. The Kier molecular flexibility index (Phi) is 17.6. The Morgan fingerprint density at radius 2 is 1.38 bits per heavy atom. The maximum atomic E-state index is 12.4. The van der Waals surface area contributed by atoms with Gasteiger partial charge < -0.3 is 24.8 Å². The Hall–Kier alpha value is 0.461. The van der Waals surface area contributed by atoms with E-state index in [1.165, 1.54) is 62.5 Å². The smallest absolute Gasteiger partial charge is 1.00 e. The van der Waals surface area contributed by atoms with E-state index >= 15 is 0 Å². The first-order valence-electron chi connectivity index (χ1n) is 11.2. The number of allylic oxidation sites excluding steroid dienone is 4. The van der Waals surface area contributed by atoms with Crippen molar-refractivity contribution < 1.29 is 49.0 Å². The summed E-state index contributed by atoms with van der Waals surface area (Å²) in [5, 5.41) is 0.277. The molecule has 0 aromatic heterocycles. The predicted molar refractivity (Wildman–Crippen MR) is 118 cm³/mol. The van der Waals surface area contributed by atoms with Gasteiger partial charge in [-0.15, -0.1) is 0 Å². The number of nitrogens with one attached hydrogen (secondary N) is 1. The van der Waals surface area contributed by atoms with Crippen molar-refractivity contribution in [3.8, 4) is 0 Å². The van der Waals surface area contributed by atoms with Crippen LogP contribution >= 0.6 is 0 Å². The molecular formula is C23H43Cl2NOSiTi. The minimum atomic E-state index is -0.876. The number of hydrogen-bond donors (Lipinski definition) is 1. The fourth-order valence-corrected chi connectivity index (χ4v) is 9.59. The van der Waals surface area contributed by atoms with Gasteiger partial charge in [-0.25, -0.2) is 0 Å². The van der Waals surface area contributed by atoms with Gasteiger partial charge in [-0.1, -0.05) is 6.92 Å². The Morgan fingerprint density at radius 1 is 0.897 bits per heavy atom. The molecule has 1 N–H and O–H groups in total. The van der Waals surface area contributed by atoms with Crippen molar-refractivity contribution in [1.82, 2.24) is 3.80 Å². The third-order valence-electron chi connectivity index (χ3n) is 6.79. The first-order valence-corrected chi connectivity index (χ1v) is 15.7. The maximum Gasteiger partial charge on any atom is -1.00 e. The molecule has 0 saturated heterocycles. The van der Waals surface area contributed by atoms with E-state index in [9.17, 15) is 4.79 Å². The van der Waals surface area contributed by atoms with Crippen LogP contribution in [-0.4, -0.2) is 14.7 Å². The molecule has 0 aromatic rings. The molecule has 6 heteroatoms. The summed E-state index contributed by atoms with van der Waals surface area (Å²) in [6, 6.07) is 0. The molecule has 1 amide bonds. The van der Waals surface area contributed by atoms with Gasteiger partial charge in [0.15, 0.2) is 0 Å². The van der Waals surface area contributed by atoms with Crippen LogP contribution in [0.4, 0.5) is 0 Å². The van der Waals surface area contributed by atoms with Gasteiger partial charge in [-0.05, 0) is 0 Å². The maximum absolute atomic E-state index is 12.4. The molecule has 29 heavy (non-hydrogen) atoms. The van der Waals surface area contributed by atoms with E-state index < -0.39 is 28.2 Å². The van der Waals surface area contributed by atoms with Crippen molar-refractivity contribution in [2.75, 3.05) is 0 Å². The second-order valence-corrected chi connectivity index (χ2v) is 13.9. The van der Waals surface area contributed by atoms with Crippen LogP contribution in [0.5, 0.6) is 0 Å². The summed E-state index contributed by atoms with van der Waals surface area (Å²) < 4.78 is 4.95. The van der Waals surface area contributed by atoms with E-state index in [0.29, 0.717) is 6.42 Å². The zero-order chi connectivity index (χ0) is 20.4. The minimum absolute atomic E-state index is 0. The van der Waals surface area contributed by atoms with E-state index in [0.717, 1.165) is 6.42 Å². The summed E-state index contributed by atoms with van der Waals surface area (Å²) in [5.41, 5.74) is 4.51. The average Bonchev–Trinajstić information content (AvgIpc) is 2.80. The summed E-state index contributed by atoms with van der Waals surface area (Å²) in [6.07, 6.45) is 12.5. The number of halogens is 2. The largest absolute Gasteiger partial charge is 1.00 e. The summed E-state index contributed by atoms with van der Waals surface area (Å²) >= 11 is -0.557. The van der Waals surface area contributed by atoms with E-state index in [2.05, 4.69) is 51.5 Å². The fraction of sp³-hybridized carbons (Fsp3) is 0.783. The van der Waals surface area contributed by atoms with Crippen molar-refractivity contribution in [3.63, 3.8) is 0 Å². The number of amides is 1. The molecule has 0 saturated carbocycles. The standard InChI is InChI=1S/C12H25NO.C11H19Si.2ClH.Ti/c1-2-3-4-5-6-7-8-9-10-11-12(13)14;1-8-7-11(4,12(5)6)10(3)9(8)2;;;/h2-11H2,1H3,(H2,13,14);12H,1-6H3;2*1H;/q;;;;+3/p-3. The normalized spacial score (nSPS) is 18.5. The zero-order valence-corrected chi connectivity index (χ0v) is 24.0. The average molecular weight is 496 g/mol. The number of carbonyl (C=O) groups is 1. The molecule has 1 unspecified atom stereocenters. The van der Waals surface area contributed by atoms with Crippen molar-refractivity contribution in [1.29, 1.82) is 0 Å². The first-order chi connectivity index (χ1) is 12.8. The molecule has 0 heterocycles. The van der Waals surface area contributed by atoms with Gasteiger partial charge in [-0.3, -0.25) is 0 Å². The molecule has 2 nitrogen and oxygen atoms in total. The number of unbranched alkanes of at least 4 members (excludes halogenated alkanes) is 8. The van der Waals surface area contributed by atoms with Gasteiger partial charge in [0.25, 0.3) is 0 Å². The Bertz CT molecular complexity index is 563. The second-order valence-electron chi connectivity index (χ2n) is 8.86. The zero-order valence-electron chi connectivity index (χ0n) is 19.8. The van der Waals surface area contributed by atoms with Crippen LogP contribution in [0, 0.1) is 0 Å². The van der Waals surface area contributed by atoms with Crippen LogP contribution < -0.4 is 28.6 Å². The molecule has 0 radical (unpaired) electrons. The Morgan fingerprint density at radius 3 is 1.86 bits per heavy atom. The van der Waals surface area contributed by atoms with Gasteiger partial charge in [0.2, 0.25) is 0 Å². The Labute approximate surface area is 204 Å². The summed E-state index contributed by atoms with van der Waals surface area (Å²) in [5.74, 6) is 0.285. The molecule has 168 valence electrons. The van der Waals surface area contributed by atoms with Crippen LogP contribution in [0.25, 0.3) is 0 Å². The molecule has 0 spiro atoms. The Balaban J connectivity index is 0. The first kappa shape index (κ1) is 31.6. The molecule has 1 aliphatic rings. The van der Waals surface area contributed by atoms with E-state index in [1.54, 1.807) is 9.45 Å². The van der Waals surface area contributed by atoms with Crippen LogP contribution in [0.3, 0.4) is 0 Å². The number of hydrogen-bond acceptors (Lipinski definition) is 1.